The van der Waals surface area contributed by atoms with Crippen molar-refractivity contribution >= 4 is 23.6 Å². The van der Waals surface area contributed by atoms with Gasteiger partial charge in [-0.25, -0.2) is 14.4 Å². The second kappa shape index (κ2) is 6.93. The zero-order valence-electron chi connectivity index (χ0n) is 11.3. The van der Waals surface area contributed by atoms with Gasteiger partial charge in [-0.15, -0.1) is 0 Å². The van der Waals surface area contributed by atoms with Gasteiger partial charge in [0.1, 0.15) is 11.1 Å². The first-order valence-electron chi connectivity index (χ1n) is 5.99. The molecule has 9 nitrogen and oxygen atoms in total. The average Bonchev–Trinajstić information content (AvgIpc) is 2.33. The lowest BCUT2D eigenvalue weighted by molar-refractivity contribution is -0.139. The van der Waals surface area contributed by atoms with Crippen molar-refractivity contribution in [2.75, 3.05) is 0 Å². The van der Waals surface area contributed by atoms with Crippen LogP contribution in [0.25, 0.3) is 0 Å². The number of hydrogen-bond donors (Lipinski definition) is 4. The van der Waals surface area contributed by atoms with E-state index in [-0.39, 0.29) is 17.6 Å². The molecule has 2 amide bonds. The SMILES string of the molecule is CC(C)NC(=O)N[C@@H](Cn1cc(Cl)c(=O)[nH]c1=O)C(=O)O. The largest absolute Gasteiger partial charge is 0.480 e. The third-order valence-electron chi connectivity index (χ3n) is 2.37. The summed E-state index contributed by atoms with van der Waals surface area (Å²) in [6.07, 6.45) is 1.01. The molecule has 0 aliphatic rings. The number of carboxylic acid groups (broad SMARTS) is 1. The van der Waals surface area contributed by atoms with E-state index in [4.69, 9.17) is 16.7 Å². The van der Waals surface area contributed by atoms with Gasteiger partial charge in [-0.05, 0) is 13.8 Å². The molecule has 1 heterocycles. The fourth-order valence-corrected chi connectivity index (χ4v) is 1.63. The number of aromatic amines is 1. The summed E-state index contributed by atoms with van der Waals surface area (Å²) in [7, 11) is 0. The molecule has 0 saturated carbocycles. The smallest absolute Gasteiger partial charge is 0.328 e. The molecule has 1 atom stereocenters. The van der Waals surface area contributed by atoms with Crippen molar-refractivity contribution in [1.82, 2.24) is 20.2 Å². The summed E-state index contributed by atoms with van der Waals surface area (Å²) in [5, 5.41) is 13.5. The van der Waals surface area contributed by atoms with Gasteiger partial charge in [0.05, 0.1) is 6.54 Å². The lowest BCUT2D eigenvalue weighted by atomic mass is 10.3. The maximum absolute atomic E-state index is 11.5. The number of hydrogen-bond acceptors (Lipinski definition) is 4. The molecule has 0 unspecified atom stereocenters. The minimum atomic E-state index is -1.36. The van der Waals surface area contributed by atoms with Gasteiger partial charge < -0.3 is 15.7 Å². The second-order valence-electron chi connectivity index (χ2n) is 4.55. The van der Waals surface area contributed by atoms with Crippen LogP contribution in [0.2, 0.25) is 5.02 Å². The van der Waals surface area contributed by atoms with Gasteiger partial charge in [-0.3, -0.25) is 14.3 Å². The van der Waals surface area contributed by atoms with E-state index in [0.717, 1.165) is 10.8 Å². The number of nitrogens with zero attached hydrogens (tertiary/aromatic N) is 1. The Hall–Kier alpha value is -2.29. The van der Waals surface area contributed by atoms with Crippen LogP contribution in [-0.4, -0.2) is 38.7 Å². The molecular formula is C11H15ClN4O5. The van der Waals surface area contributed by atoms with Gasteiger partial charge in [-0.2, -0.15) is 0 Å². The summed E-state index contributed by atoms with van der Waals surface area (Å²) in [6.45, 7) is 3.04. The first-order valence-corrected chi connectivity index (χ1v) is 6.37. The Labute approximate surface area is 123 Å². The first kappa shape index (κ1) is 16.8. The summed E-state index contributed by atoms with van der Waals surface area (Å²) < 4.78 is 0.901. The molecule has 0 saturated heterocycles. The minimum Gasteiger partial charge on any atom is -0.480 e. The lowest BCUT2D eigenvalue weighted by Gasteiger charge is -2.17. The van der Waals surface area contributed by atoms with Crippen LogP contribution in [0.3, 0.4) is 0 Å². The highest BCUT2D eigenvalue weighted by molar-refractivity contribution is 6.30. The summed E-state index contributed by atoms with van der Waals surface area (Å²) in [5.74, 6) is -1.33. The fourth-order valence-electron chi connectivity index (χ4n) is 1.46. The monoisotopic (exact) mass is 318 g/mol. The number of nitrogens with one attached hydrogen (secondary N) is 3. The van der Waals surface area contributed by atoms with Crippen LogP contribution in [0, 0.1) is 0 Å². The topological polar surface area (TPSA) is 133 Å². The van der Waals surface area contributed by atoms with Crippen molar-refractivity contribution in [3.63, 3.8) is 0 Å². The highest BCUT2D eigenvalue weighted by Gasteiger charge is 2.21. The normalized spacial score (nSPS) is 12.0. The highest BCUT2D eigenvalue weighted by Crippen LogP contribution is 1.98. The molecule has 10 heteroatoms. The van der Waals surface area contributed by atoms with Gasteiger partial charge in [-0.1, -0.05) is 11.6 Å². The Bertz CT molecular complexity index is 651. The molecule has 21 heavy (non-hydrogen) atoms. The van der Waals surface area contributed by atoms with Crippen molar-refractivity contribution in [3.8, 4) is 0 Å². The molecular weight excluding hydrogens is 304 g/mol. The van der Waals surface area contributed by atoms with E-state index < -0.39 is 29.3 Å². The quantitative estimate of drug-likeness (QED) is 0.572. The standard InChI is InChI=1S/C11H15ClN4O5/c1-5(2)13-10(20)14-7(9(18)19)4-16-3-6(12)8(17)15-11(16)21/h3,5,7H,4H2,1-2H3,(H,18,19)(H2,13,14,20)(H,15,17,21)/t7-/m0/s1. The van der Waals surface area contributed by atoms with Crippen LogP contribution < -0.4 is 21.9 Å². The van der Waals surface area contributed by atoms with Crippen molar-refractivity contribution in [2.45, 2.75) is 32.5 Å². The third-order valence-corrected chi connectivity index (χ3v) is 2.64. The van der Waals surface area contributed by atoms with Crippen molar-refractivity contribution < 1.29 is 14.7 Å². The Balaban J connectivity index is 2.92. The highest BCUT2D eigenvalue weighted by atomic mass is 35.5. The molecule has 0 aromatic carbocycles. The number of rotatable bonds is 5. The third kappa shape index (κ3) is 4.95. The van der Waals surface area contributed by atoms with Crippen molar-refractivity contribution in [1.29, 1.82) is 0 Å². The predicted octanol–water partition coefficient (Wildman–Crippen LogP) is -0.649. The van der Waals surface area contributed by atoms with Crippen LogP contribution >= 0.6 is 11.6 Å². The van der Waals surface area contributed by atoms with E-state index >= 15 is 0 Å². The lowest BCUT2D eigenvalue weighted by Crippen LogP contribution is -2.50. The van der Waals surface area contributed by atoms with Crippen LogP contribution in [0.15, 0.2) is 15.8 Å². The minimum absolute atomic E-state index is 0.176. The van der Waals surface area contributed by atoms with Gasteiger partial charge in [0.2, 0.25) is 0 Å². The van der Waals surface area contributed by atoms with Gasteiger partial charge in [0, 0.05) is 12.2 Å². The number of carbonyl (C=O) groups is 2. The Kier molecular flexibility index (Phi) is 5.53. The second-order valence-corrected chi connectivity index (χ2v) is 4.96. The summed E-state index contributed by atoms with van der Waals surface area (Å²) in [5.41, 5.74) is -1.59. The van der Waals surface area contributed by atoms with Crippen LogP contribution in [0.5, 0.6) is 0 Å². The molecule has 1 aromatic rings. The van der Waals surface area contributed by atoms with E-state index in [9.17, 15) is 19.2 Å². The van der Waals surface area contributed by atoms with E-state index in [2.05, 4.69) is 10.6 Å². The molecule has 0 radical (unpaired) electrons. The zero-order chi connectivity index (χ0) is 16.2. The molecule has 0 bridgehead atoms. The van der Waals surface area contributed by atoms with E-state index in [1.54, 1.807) is 13.8 Å². The molecule has 0 fully saturated rings. The first-order chi connectivity index (χ1) is 9.70. The molecule has 1 aromatic heterocycles. The average molecular weight is 319 g/mol. The summed E-state index contributed by atoms with van der Waals surface area (Å²) in [4.78, 5) is 47.2. The van der Waals surface area contributed by atoms with Gasteiger partial charge >= 0.3 is 17.7 Å². The number of amides is 2. The molecule has 1 rings (SSSR count). The zero-order valence-corrected chi connectivity index (χ0v) is 12.1. The fraction of sp³-hybridized carbons (Fsp3) is 0.455. The number of carboxylic acids is 1. The van der Waals surface area contributed by atoms with Crippen LogP contribution in [0.1, 0.15) is 13.8 Å². The maximum Gasteiger partial charge on any atom is 0.328 e. The Morgan fingerprint density at radius 2 is 2.00 bits per heavy atom. The molecule has 116 valence electrons. The number of carbonyl (C=O) groups excluding carboxylic acids is 1. The summed E-state index contributed by atoms with van der Waals surface area (Å²) >= 11 is 5.57. The predicted molar refractivity (Wildman–Crippen MR) is 74.6 cm³/mol. The number of H-pyrrole nitrogens is 1. The van der Waals surface area contributed by atoms with Crippen LogP contribution in [-0.2, 0) is 11.3 Å². The maximum atomic E-state index is 11.5. The number of aromatic nitrogens is 2. The van der Waals surface area contributed by atoms with Crippen molar-refractivity contribution in [2.24, 2.45) is 0 Å². The van der Waals surface area contributed by atoms with Crippen molar-refractivity contribution in [3.05, 3.63) is 32.1 Å². The summed E-state index contributed by atoms with van der Waals surface area (Å²) in [6, 6.07) is -2.21. The van der Waals surface area contributed by atoms with E-state index in [1.165, 1.54) is 0 Å². The Morgan fingerprint density at radius 1 is 1.38 bits per heavy atom. The van der Waals surface area contributed by atoms with Gasteiger partial charge in [0.15, 0.2) is 0 Å². The van der Waals surface area contributed by atoms with Gasteiger partial charge in [0.25, 0.3) is 5.56 Å². The van der Waals surface area contributed by atoms with E-state index in [1.807, 2.05) is 4.98 Å². The molecule has 0 aliphatic heterocycles. The Morgan fingerprint density at radius 3 is 2.52 bits per heavy atom. The molecule has 0 aliphatic carbocycles. The number of halogens is 1. The molecule has 0 spiro atoms. The number of aliphatic carboxylic acids is 1. The van der Waals surface area contributed by atoms with Crippen LogP contribution in [0.4, 0.5) is 4.79 Å². The van der Waals surface area contributed by atoms with E-state index in [0.29, 0.717) is 0 Å². The molecule has 4 N–H and O–H groups in total. The number of urea groups is 1.